The van der Waals surface area contributed by atoms with Gasteiger partial charge < -0.3 is 32.9 Å². The van der Waals surface area contributed by atoms with Crippen LogP contribution in [0.3, 0.4) is 0 Å². The van der Waals surface area contributed by atoms with Gasteiger partial charge in [0, 0.05) is 27.7 Å². The van der Waals surface area contributed by atoms with Crippen LogP contribution in [0.2, 0.25) is 0 Å². The Morgan fingerprint density at radius 2 is 1.33 bits per heavy atom. The fourth-order valence-electron chi connectivity index (χ4n) is 3.10. The van der Waals surface area contributed by atoms with E-state index in [4.69, 9.17) is 34.8 Å². The number of likely N-dealkylation sites (N-methyl/N-ethyl adjacent to an activating group) is 1. The van der Waals surface area contributed by atoms with Crippen molar-refractivity contribution in [3.05, 3.63) is 0 Å². The van der Waals surface area contributed by atoms with Crippen LogP contribution in [0.1, 0.15) is 27.7 Å². The highest BCUT2D eigenvalue weighted by Crippen LogP contribution is 2.30. The number of esters is 5. The molecule has 1 heterocycles. The van der Waals surface area contributed by atoms with Crippen LogP contribution in [-0.4, -0.2) is 98.8 Å². The summed E-state index contributed by atoms with van der Waals surface area (Å²) >= 11 is 0. The topological polar surface area (TPSA) is 141 Å². The van der Waals surface area contributed by atoms with E-state index in [1.807, 2.05) is 0 Å². The fourth-order valence-corrected chi connectivity index (χ4v) is 3.10. The maximum atomic E-state index is 12.6. The van der Waals surface area contributed by atoms with Gasteiger partial charge in [-0.3, -0.25) is 19.2 Å². The van der Waals surface area contributed by atoms with Gasteiger partial charge in [0.1, 0.15) is 19.3 Å². The molecule has 1 fully saturated rings. The number of nitrogens with zero attached hydrogens (tertiary/aromatic N) is 1. The Hall–Kier alpha value is -3.17. The van der Waals surface area contributed by atoms with Gasteiger partial charge in [0.05, 0.1) is 14.1 Å². The van der Waals surface area contributed by atoms with Gasteiger partial charge in [-0.25, -0.2) is 4.79 Å². The minimum atomic E-state index is -1.57. The number of carbonyl (C=O) groups excluding carboxylic acids is 5. The van der Waals surface area contributed by atoms with E-state index >= 15 is 0 Å². The van der Waals surface area contributed by atoms with Crippen LogP contribution in [0.25, 0.3) is 0 Å². The van der Waals surface area contributed by atoms with Crippen molar-refractivity contribution in [2.24, 2.45) is 0 Å². The van der Waals surface area contributed by atoms with Crippen molar-refractivity contribution in [3.8, 4) is 12.3 Å². The zero-order chi connectivity index (χ0) is 25.3. The van der Waals surface area contributed by atoms with Crippen molar-refractivity contribution in [3.63, 3.8) is 0 Å². The molecular weight excluding hydrogens is 442 g/mol. The van der Waals surface area contributed by atoms with E-state index in [0.29, 0.717) is 0 Å². The second kappa shape index (κ2) is 12.2. The number of rotatable bonds is 9. The smallest absolute Gasteiger partial charge is 0.364 e. The molecule has 2 unspecified atom stereocenters. The van der Waals surface area contributed by atoms with E-state index in [9.17, 15) is 24.0 Å². The van der Waals surface area contributed by atoms with Gasteiger partial charge >= 0.3 is 29.8 Å². The molecule has 0 spiro atoms. The first-order valence-electron chi connectivity index (χ1n) is 10.0. The summed E-state index contributed by atoms with van der Waals surface area (Å²) in [5, 5.41) is 0. The van der Waals surface area contributed by atoms with Gasteiger partial charge in [-0.2, -0.15) is 0 Å². The lowest BCUT2D eigenvalue weighted by Crippen LogP contribution is -2.63. The summed E-state index contributed by atoms with van der Waals surface area (Å²) in [6, 6.07) is 0. The molecule has 0 saturated carbocycles. The molecule has 0 amide bonds. The van der Waals surface area contributed by atoms with Crippen LogP contribution in [0.4, 0.5) is 0 Å². The Morgan fingerprint density at radius 1 is 0.818 bits per heavy atom. The Morgan fingerprint density at radius 3 is 1.82 bits per heavy atom. The third kappa shape index (κ3) is 9.46. The zero-order valence-corrected chi connectivity index (χ0v) is 19.5. The molecule has 184 valence electrons. The summed E-state index contributed by atoms with van der Waals surface area (Å²) in [7, 11) is 3.41. The number of hydrogen-bond acceptors (Lipinski definition) is 11. The summed E-state index contributed by atoms with van der Waals surface area (Å²) in [6.45, 7) is 4.08. The van der Waals surface area contributed by atoms with Crippen LogP contribution in [0.15, 0.2) is 0 Å². The number of carbonyl (C=O) groups is 5. The van der Waals surface area contributed by atoms with Crippen LogP contribution in [0.5, 0.6) is 0 Å². The zero-order valence-electron chi connectivity index (χ0n) is 19.5. The number of hydrogen-bond donors (Lipinski definition) is 0. The first-order chi connectivity index (χ1) is 15.3. The first kappa shape index (κ1) is 27.9. The average Bonchev–Trinajstić information content (AvgIpc) is 2.63. The predicted molar refractivity (Wildman–Crippen MR) is 109 cm³/mol. The molecule has 0 N–H and O–H groups in total. The fraction of sp³-hybridized carbons (Fsp3) is 0.667. The third-order valence-corrected chi connectivity index (χ3v) is 4.27. The van der Waals surface area contributed by atoms with E-state index in [0.717, 1.165) is 27.7 Å². The summed E-state index contributed by atoms with van der Waals surface area (Å²) in [5.41, 5.74) is 0. The predicted octanol–water partition coefficient (Wildman–Crippen LogP) is -0.678. The quantitative estimate of drug-likeness (QED) is 0.182. The van der Waals surface area contributed by atoms with Crippen LogP contribution >= 0.6 is 0 Å². The largest absolute Gasteiger partial charge is 0.463 e. The molecule has 0 aromatic rings. The Bertz CT molecular complexity index is 801. The van der Waals surface area contributed by atoms with E-state index in [1.165, 1.54) is 0 Å². The second-order valence-electron chi connectivity index (χ2n) is 8.01. The lowest BCUT2D eigenvalue weighted by Gasteiger charge is -2.43. The summed E-state index contributed by atoms with van der Waals surface area (Å²) < 4.78 is 31.9. The standard InChI is InChI=1S/C21H30NO11/c1-8-9-22(6,7)10-17(27)33-21-20(31-15(5)26)19(30-14(4)25)18(29-13(3)24)16(32-21)11-28-12(2)23/h1,16,18-21H,9-11H2,2-7H3/q+1/t16?,18-,19?,20-,21-/m1/s1. The van der Waals surface area contributed by atoms with E-state index in [-0.39, 0.29) is 17.6 Å². The highest BCUT2D eigenvalue weighted by Gasteiger charge is 2.54. The van der Waals surface area contributed by atoms with Gasteiger partial charge in [0.15, 0.2) is 18.8 Å². The lowest BCUT2D eigenvalue weighted by molar-refractivity contribution is -0.875. The van der Waals surface area contributed by atoms with Crippen LogP contribution < -0.4 is 0 Å². The maximum absolute atomic E-state index is 12.6. The molecule has 1 rings (SSSR count). The van der Waals surface area contributed by atoms with Gasteiger partial charge in [-0.15, -0.1) is 6.42 Å². The molecule has 1 saturated heterocycles. The van der Waals surface area contributed by atoms with Gasteiger partial charge in [0.2, 0.25) is 12.4 Å². The number of quaternary nitrogens is 1. The molecule has 12 heteroatoms. The molecule has 0 aliphatic carbocycles. The molecule has 5 atom stereocenters. The molecule has 0 aromatic carbocycles. The number of ether oxygens (including phenoxy) is 6. The van der Waals surface area contributed by atoms with Crippen molar-refractivity contribution < 1.29 is 56.9 Å². The monoisotopic (exact) mass is 472 g/mol. The maximum Gasteiger partial charge on any atom is 0.364 e. The minimum absolute atomic E-state index is 0.0978. The van der Waals surface area contributed by atoms with Crippen LogP contribution in [0, 0.1) is 12.3 Å². The molecular formula is C21H30NO11+. The summed E-state index contributed by atoms with van der Waals surface area (Å²) in [6.07, 6.45) is -1.69. The molecule has 12 nitrogen and oxygen atoms in total. The highest BCUT2D eigenvalue weighted by molar-refractivity contribution is 5.71. The lowest BCUT2D eigenvalue weighted by atomic mass is 9.98. The molecule has 1 aliphatic heterocycles. The molecule has 0 bridgehead atoms. The van der Waals surface area contributed by atoms with Crippen molar-refractivity contribution >= 4 is 29.8 Å². The van der Waals surface area contributed by atoms with Crippen molar-refractivity contribution in [2.45, 2.75) is 58.4 Å². The normalized spacial score (nSPS) is 24.6. The van der Waals surface area contributed by atoms with E-state index < -0.39 is 67.2 Å². The van der Waals surface area contributed by atoms with E-state index in [1.54, 1.807) is 14.1 Å². The second-order valence-corrected chi connectivity index (χ2v) is 8.01. The van der Waals surface area contributed by atoms with Gasteiger partial charge in [-0.1, -0.05) is 0 Å². The van der Waals surface area contributed by atoms with Gasteiger partial charge in [-0.05, 0) is 5.92 Å². The SMILES string of the molecule is C#CC[N+](C)(C)CC(=O)O[C@H]1OC(COC(C)=O)[C@@H](OC(C)=O)C(OC(C)=O)[C@H]1OC(C)=O. The highest BCUT2D eigenvalue weighted by atomic mass is 16.7. The molecule has 0 aromatic heterocycles. The Balaban J connectivity index is 3.32. The summed E-state index contributed by atoms with van der Waals surface area (Å²) in [4.78, 5) is 59.1. The van der Waals surface area contributed by atoms with Crippen molar-refractivity contribution in [1.82, 2.24) is 0 Å². The number of terminal acetylenes is 1. The first-order valence-corrected chi connectivity index (χ1v) is 10.0. The molecule has 0 radical (unpaired) electrons. The Labute approximate surface area is 191 Å². The average molecular weight is 472 g/mol. The molecule has 1 aliphatic rings. The molecule has 33 heavy (non-hydrogen) atoms. The van der Waals surface area contributed by atoms with E-state index in [2.05, 4.69) is 5.92 Å². The minimum Gasteiger partial charge on any atom is -0.463 e. The van der Waals surface area contributed by atoms with Crippen molar-refractivity contribution in [2.75, 3.05) is 33.8 Å². The van der Waals surface area contributed by atoms with Gasteiger partial charge in [0.25, 0.3) is 0 Å². The third-order valence-electron chi connectivity index (χ3n) is 4.27. The summed E-state index contributed by atoms with van der Waals surface area (Å²) in [5.74, 6) is -1.32. The van der Waals surface area contributed by atoms with Crippen molar-refractivity contribution in [1.29, 1.82) is 0 Å². The van der Waals surface area contributed by atoms with Crippen LogP contribution in [-0.2, 0) is 52.4 Å². The Kier molecular flexibility index (Phi) is 10.3.